The second kappa shape index (κ2) is 13.3. The van der Waals surface area contributed by atoms with Crippen molar-refractivity contribution in [1.29, 1.82) is 5.41 Å². The molecule has 6 N–H and O–H groups in total. The number of nitrogens with one attached hydrogen (secondary N) is 2. The first-order valence-electron chi connectivity index (χ1n) is 8.25. The topological polar surface area (TPSA) is 123 Å². The van der Waals surface area contributed by atoms with Crippen LogP contribution in [0.25, 0.3) is 0 Å². The summed E-state index contributed by atoms with van der Waals surface area (Å²) in [5.41, 5.74) is 8.23. The summed E-state index contributed by atoms with van der Waals surface area (Å²) in [6.07, 6.45) is 9.44. The Morgan fingerprint density at radius 3 is 2.09 bits per heavy atom. The molecule has 0 spiro atoms. The van der Waals surface area contributed by atoms with Gasteiger partial charge >= 0.3 is 5.97 Å². The molecule has 0 fully saturated rings. The first kappa shape index (κ1) is 20.7. The number of carboxylic acids is 1. The zero-order chi connectivity index (χ0) is 16.8. The van der Waals surface area contributed by atoms with Crippen molar-refractivity contribution in [3.05, 3.63) is 0 Å². The number of carbonyl (C=O) groups is 1. The van der Waals surface area contributed by atoms with Crippen molar-refractivity contribution in [1.82, 2.24) is 10.4 Å². The fourth-order valence-electron chi connectivity index (χ4n) is 2.15. The second-order valence-electron chi connectivity index (χ2n) is 5.59. The van der Waals surface area contributed by atoms with E-state index in [9.17, 15) is 9.90 Å². The summed E-state index contributed by atoms with van der Waals surface area (Å²) < 4.78 is 0. The summed E-state index contributed by atoms with van der Waals surface area (Å²) in [5.74, 6) is -1.62. The highest BCUT2D eigenvalue weighted by Gasteiger charge is 2.18. The fraction of sp³-hybridized carbons (Fsp3) is 0.867. The maximum absolute atomic E-state index is 10.6. The molecule has 7 nitrogen and oxygen atoms in total. The maximum Gasteiger partial charge on any atom is 0.334 e. The monoisotopic (exact) mass is 316 g/mol. The van der Waals surface area contributed by atoms with Crippen LogP contribution in [-0.4, -0.2) is 46.3 Å². The van der Waals surface area contributed by atoms with E-state index in [0.29, 0.717) is 6.54 Å². The number of guanidine groups is 1. The van der Waals surface area contributed by atoms with Crippen molar-refractivity contribution in [2.45, 2.75) is 70.8 Å². The Balaban J connectivity index is 3.61. The number of hydrogen-bond donors (Lipinski definition) is 5. The first-order chi connectivity index (χ1) is 10.5. The zero-order valence-electron chi connectivity index (χ0n) is 13.7. The van der Waals surface area contributed by atoms with Gasteiger partial charge in [-0.1, -0.05) is 58.3 Å². The van der Waals surface area contributed by atoms with Gasteiger partial charge in [-0.2, -0.15) is 0 Å². The zero-order valence-corrected chi connectivity index (χ0v) is 13.7. The SMILES string of the molecule is CCCCCCCCCCCNN(CC(O)C(=O)O)C(=N)N. The van der Waals surface area contributed by atoms with Gasteiger partial charge in [0, 0.05) is 6.54 Å². The molecule has 0 radical (unpaired) electrons. The van der Waals surface area contributed by atoms with E-state index in [1.54, 1.807) is 0 Å². The van der Waals surface area contributed by atoms with Gasteiger partial charge in [-0.3, -0.25) is 10.4 Å². The molecule has 130 valence electrons. The van der Waals surface area contributed by atoms with Gasteiger partial charge in [0.1, 0.15) is 0 Å². The number of hydrazine groups is 1. The third-order valence-electron chi connectivity index (χ3n) is 3.51. The van der Waals surface area contributed by atoms with E-state index in [1.165, 1.54) is 50.0 Å². The minimum atomic E-state index is -1.56. The van der Waals surface area contributed by atoms with E-state index in [1.807, 2.05) is 0 Å². The van der Waals surface area contributed by atoms with Crippen LogP contribution in [0.3, 0.4) is 0 Å². The van der Waals surface area contributed by atoms with Crippen LogP contribution in [0.5, 0.6) is 0 Å². The Morgan fingerprint density at radius 1 is 1.14 bits per heavy atom. The molecule has 0 aromatic rings. The molecule has 0 aliphatic carbocycles. The van der Waals surface area contributed by atoms with Gasteiger partial charge < -0.3 is 15.9 Å². The molecule has 0 saturated carbocycles. The highest BCUT2D eigenvalue weighted by atomic mass is 16.4. The molecule has 1 unspecified atom stereocenters. The molecule has 0 heterocycles. The maximum atomic E-state index is 10.6. The van der Waals surface area contributed by atoms with Crippen molar-refractivity contribution < 1.29 is 15.0 Å². The molecular weight excluding hydrogens is 284 g/mol. The molecular formula is C15H32N4O3. The lowest BCUT2D eigenvalue weighted by atomic mass is 10.1. The smallest absolute Gasteiger partial charge is 0.334 e. The van der Waals surface area contributed by atoms with Gasteiger partial charge in [-0.05, 0) is 6.42 Å². The molecule has 0 aromatic carbocycles. The van der Waals surface area contributed by atoms with Crippen LogP contribution in [0.15, 0.2) is 0 Å². The Bertz CT molecular complexity index is 313. The predicted octanol–water partition coefficient (Wildman–Crippen LogP) is 1.66. The average Bonchev–Trinajstić information content (AvgIpc) is 2.47. The van der Waals surface area contributed by atoms with Crippen molar-refractivity contribution in [2.75, 3.05) is 13.1 Å². The summed E-state index contributed by atoms with van der Waals surface area (Å²) in [6.45, 7) is 2.59. The van der Waals surface area contributed by atoms with Crippen LogP contribution in [0.1, 0.15) is 64.7 Å². The van der Waals surface area contributed by atoms with Gasteiger partial charge in [0.05, 0.1) is 6.54 Å². The van der Waals surface area contributed by atoms with Gasteiger partial charge in [-0.25, -0.2) is 10.2 Å². The largest absolute Gasteiger partial charge is 0.479 e. The highest BCUT2D eigenvalue weighted by Crippen LogP contribution is 2.09. The first-order valence-corrected chi connectivity index (χ1v) is 8.25. The summed E-state index contributed by atoms with van der Waals surface area (Å²) >= 11 is 0. The molecule has 0 aliphatic heterocycles. The lowest BCUT2D eigenvalue weighted by molar-refractivity contribution is -0.147. The third-order valence-corrected chi connectivity index (χ3v) is 3.51. The molecule has 0 aliphatic rings. The number of nitrogens with zero attached hydrogens (tertiary/aromatic N) is 1. The molecule has 0 bridgehead atoms. The number of carboxylic acid groups (broad SMARTS) is 1. The minimum absolute atomic E-state index is 0.234. The number of nitrogens with two attached hydrogens (primary N) is 1. The van der Waals surface area contributed by atoms with Crippen molar-refractivity contribution in [3.8, 4) is 0 Å². The van der Waals surface area contributed by atoms with Crippen LogP contribution in [0.2, 0.25) is 0 Å². The summed E-state index contributed by atoms with van der Waals surface area (Å²) in [4.78, 5) is 10.6. The van der Waals surface area contributed by atoms with Crippen LogP contribution in [0.4, 0.5) is 0 Å². The van der Waals surface area contributed by atoms with E-state index >= 15 is 0 Å². The second-order valence-corrected chi connectivity index (χ2v) is 5.59. The number of aliphatic hydroxyl groups is 1. The number of rotatable bonds is 14. The Hall–Kier alpha value is -1.34. The lowest BCUT2D eigenvalue weighted by Crippen LogP contribution is -2.51. The van der Waals surface area contributed by atoms with Gasteiger partial charge in [-0.15, -0.1) is 0 Å². The quantitative estimate of drug-likeness (QED) is 0.144. The van der Waals surface area contributed by atoms with Gasteiger partial charge in [0.25, 0.3) is 0 Å². The molecule has 0 amide bonds. The van der Waals surface area contributed by atoms with E-state index in [2.05, 4.69) is 12.3 Å². The summed E-state index contributed by atoms with van der Waals surface area (Å²) in [5, 5.41) is 26.4. The standard InChI is InChI=1S/C15H32N4O3/c1-2-3-4-5-6-7-8-9-10-11-18-19(15(16)17)12-13(20)14(21)22/h13,18,20H,2-12H2,1H3,(H3,16,17)(H,21,22). The lowest BCUT2D eigenvalue weighted by Gasteiger charge is -2.24. The third kappa shape index (κ3) is 11.3. The number of unbranched alkanes of at least 4 members (excludes halogenated alkanes) is 8. The van der Waals surface area contributed by atoms with E-state index in [4.69, 9.17) is 16.2 Å². The van der Waals surface area contributed by atoms with E-state index < -0.39 is 12.1 Å². The predicted molar refractivity (Wildman–Crippen MR) is 87.5 cm³/mol. The van der Waals surface area contributed by atoms with Crippen molar-refractivity contribution >= 4 is 11.9 Å². The fourth-order valence-corrected chi connectivity index (χ4v) is 2.15. The van der Waals surface area contributed by atoms with Crippen LogP contribution in [-0.2, 0) is 4.79 Å². The summed E-state index contributed by atoms with van der Waals surface area (Å²) in [7, 11) is 0. The minimum Gasteiger partial charge on any atom is -0.479 e. The van der Waals surface area contributed by atoms with Crippen LogP contribution >= 0.6 is 0 Å². The molecule has 0 aromatic heterocycles. The summed E-state index contributed by atoms with van der Waals surface area (Å²) in [6, 6.07) is 0. The normalized spacial score (nSPS) is 12.1. The highest BCUT2D eigenvalue weighted by molar-refractivity contribution is 5.76. The molecule has 7 heteroatoms. The Labute approximate surface area is 133 Å². The van der Waals surface area contributed by atoms with Gasteiger partial charge in [0.15, 0.2) is 6.10 Å². The molecule has 22 heavy (non-hydrogen) atoms. The Morgan fingerprint density at radius 2 is 1.64 bits per heavy atom. The van der Waals surface area contributed by atoms with Crippen LogP contribution < -0.4 is 11.2 Å². The number of aliphatic carboxylic acids is 1. The molecule has 0 saturated heterocycles. The molecule has 1 atom stereocenters. The Kier molecular flexibility index (Phi) is 12.5. The number of hydrogen-bond acceptors (Lipinski definition) is 4. The van der Waals surface area contributed by atoms with Gasteiger partial charge in [0.2, 0.25) is 5.96 Å². The molecule has 0 rings (SSSR count). The van der Waals surface area contributed by atoms with Crippen LogP contribution in [0, 0.1) is 5.41 Å². The average molecular weight is 316 g/mol. The van der Waals surface area contributed by atoms with E-state index in [-0.39, 0.29) is 12.5 Å². The number of aliphatic hydroxyl groups excluding tert-OH is 1. The van der Waals surface area contributed by atoms with Crippen molar-refractivity contribution in [2.24, 2.45) is 5.73 Å². The van der Waals surface area contributed by atoms with E-state index in [0.717, 1.165) is 12.8 Å². The van der Waals surface area contributed by atoms with Crippen molar-refractivity contribution in [3.63, 3.8) is 0 Å².